The van der Waals surface area contributed by atoms with E-state index in [-0.39, 0.29) is 12.1 Å². The first-order valence-electron chi connectivity index (χ1n) is 7.43. The molecule has 3 aromatic rings. The summed E-state index contributed by atoms with van der Waals surface area (Å²) in [5, 5.41) is 19.6. The van der Waals surface area contributed by atoms with Crippen molar-refractivity contribution in [2.45, 2.75) is 13.1 Å². The van der Waals surface area contributed by atoms with Crippen LogP contribution in [-0.4, -0.2) is 36.5 Å². The van der Waals surface area contributed by atoms with E-state index in [9.17, 15) is 9.59 Å². The fraction of sp³-hybridized carbons (Fsp3) is 0.125. The van der Waals surface area contributed by atoms with Crippen molar-refractivity contribution < 1.29 is 14.7 Å². The first-order chi connectivity index (χ1) is 12.4. The zero-order valence-electron chi connectivity index (χ0n) is 13.3. The van der Waals surface area contributed by atoms with Gasteiger partial charge < -0.3 is 10.4 Å². The van der Waals surface area contributed by atoms with Crippen LogP contribution in [-0.2, 0) is 17.9 Å². The van der Waals surface area contributed by atoms with Crippen molar-refractivity contribution in [2.75, 3.05) is 5.32 Å². The molecule has 134 valence electrons. The van der Waals surface area contributed by atoms with Crippen LogP contribution in [0.4, 0.5) is 5.82 Å². The van der Waals surface area contributed by atoms with Gasteiger partial charge in [-0.1, -0.05) is 28.1 Å². The van der Waals surface area contributed by atoms with Crippen molar-refractivity contribution in [3.8, 4) is 0 Å². The summed E-state index contributed by atoms with van der Waals surface area (Å²) in [7, 11) is 0. The van der Waals surface area contributed by atoms with Crippen molar-refractivity contribution >= 4 is 49.6 Å². The first kappa shape index (κ1) is 18.3. The van der Waals surface area contributed by atoms with E-state index in [0.29, 0.717) is 16.8 Å². The Morgan fingerprint density at radius 3 is 2.54 bits per heavy atom. The Bertz CT molecular complexity index is 949. The maximum Gasteiger partial charge on any atom is 0.325 e. The summed E-state index contributed by atoms with van der Waals surface area (Å²) in [6, 6.07) is 7.86. The molecule has 10 heteroatoms. The van der Waals surface area contributed by atoms with Gasteiger partial charge in [-0.25, -0.2) is 0 Å². The van der Waals surface area contributed by atoms with Crippen LogP contribution in [0.15, 0.2) is 51.8 Å². The minimum Gasteiger partial charge on any atom is -0.480 e. The lowest BCUT2D eigenvalue weighted by molar-refractivity contribution is -0.137. The number of benzene rings is 1. The Labute approximate surface area is 165 Å². The molecule has 0 fully saturated rings. The maximum atomic E-state index is 12.3. The third kappa shape index (κ3) is 4.58. The fourth-order valence-electron chi connectivity index (χ4n) is 2.23. The number of anilines is 1. The van der Waals surface area contributed by atoms with Crippen LogP contribution in [0.1, 0.15) is 15.9 Å². The second-order valence-corrected chi connectivity index (χ2v) is 7.19. The number of nitrogens with one attached hydrogen (secondary N) is 1. The van der Waals surface area contributed by atoms with E-state index in [1.54, 1.807) is 10.9 Å². The molecule has 0 spiro atoms. The molecular weight excluding hydrogens is 470 g/mol. The minimum atomic E-state index is -1.03. The number of aliphatic carboxylic acids is 1. The largest absolute Gasteiger partial charge is 0.480 e. The number of carboxylic acid groups (broad SMARTS) is 1. The van der Waals surface area contributed by atoms with Crippen molar-refractivity contribution in [1.29, 1.82) is 0 Å². The summed E-state index contributed by atoms with van der Waals surface area (Å²) in [6.45, 7) is 0.247. The lowest BCUT2D eigenvalue weighted by atomic mass is 10.2. The summed E-state index contributed by atoms with van der Waals surface area (Å²) in [5.41, 5.74) is 1.32. The number of carboxylic acids is 1. The fourth-order valence-corrected chi connectivity index (χ4v) is 2.90. The zero-order chi connectivity index (χ0) is 18.7. The van der Waals surface area contributed by atoms with Gasteiger partial charge in [0, 0.05) is 16.9 Å². The van der Waals surface area contributed by atoms with Crippen LogP contribution in [0.25, 0.3) is 0 Å². The van der Waals surface area contributed by atoms with E-state index in [2.05, 4.69) is 47.4 Å². The van der Waals surface area contributed by atoms with Gasteiger partial charge in [-0.15, -0.1) is 0 Å². The normalized spacial score (nSPS) is 10.7. The van der Waals surface area contributed by atoms with Gasteiger partial charge in [-0.2, -0.15) is 10.2 Å². The van der Waals surface area contributed by atoms with Gasteiger partial charge >= 0.3 is 5.97 Å². The second-order valence-electron chi connectivity index (χ2n) is 5.42. The Morgan fingerprint density at radius 1 is 1.12 bits per heavy atom. The van der Waals surface area contributed by atoms with Gasteiger partial charge in [0.2, 0.25) is 0 Å². The molecule has 0 aliphatic heterocycles. The predicted octanol–water partition coefficient (Wildman–Crippen LogP) is 2.99. The molecule has 1 aromatic carbocycles. The number of carbonyl (C=O) groups excluding carboxylic acids is 1. The molecule has 0 radical (unpaired) electrons. The first-order valence-corrected chi connectivity index (χ1v) is 9.02. The number of amides is 1. The topological polar surface area (TPSA) is 102 Å². The molecule has 0 aliphatic rings. The maximum absolute atomic E-state index is 12.3. The average molecular weight is 483 g/mol. The van der Waals surface area contributed by atoms with Crippen molar-refractivity contribution in [2.24, 2.45) is 0 Å². The monoisotopic (exact) mass is 481 g/mol. The summed E-state index contributed by atoms with van der Waals surface area (Å²) in [4.78, 5) is 23.0. The van der Waals surface area contributed by atoms with E-state index >= 15 is 0 Å². The second kappa shape index (κ2) is 7.83. The van der Waals surface area contributed by atoms with Crippen LogP contribution in [0.5, 0.6) is 0 Å². The molecule has 26 heavy (non-hydrogen) atoms. The zero-order valence-corrected chi connectivity index (χ0v) is 16.4. The quantitative estimate of drug-likeness (QED) is 0.562. The average Bonchev–Trinajstić information content (AvgIpc) is 3.16. The molecule has 3 rings (SSSR count). The molecule has 0 atom stereocenters. The van der Waals surface area contributed by atoms with E-state index < -0.39 is 11.9 Å². The van der Waals surface area contributed by atoms with Gasteiger partial charge in [0.1, 0.15) is 6.54 Å². The molecule has 2 heterocycles. The molecule has 0 unspecified atom stereocenters. The summed E-state index contributed by atoms with van der Waals surface area (Å²) in [5.74, 6) is -1.08. The molecule has 0 saturated heterocycles. The Morgan fingerprint density at radius 2 is 1.85 bits per heavy atom. The highest BCUT2D eigenvalue weighted by Crippen LogP contribution is 2.22. The molecule has 0 bridgehead atoms. The van der Waals surface area contributed by atoms with Gasteiger partial charge in [0.25, 0.3) is 5.91 Å². The summed E-state index contributed by atoms with van der Waals surface area (Å²) in [6.07, 6.45) is 4.45. The number of carbonyl (C=O) groups is 2. The predicted molar refractivity (Wildman–Crippen MR) is 101 cm³/mol. The Kier molecular flexibility index (Phi) is 5.52. The lowest BCUT2D eigenvalue weighted by Gasteiger charge is -2.02. The van der Waals surface area contributed by atoms with Crippen LogP contribution >= 0.6 is 31.9 Å². The third-order valence-electron chi connectivity index (χ3n) is 3.40. The number of hydrogen-bond acceptors (Lipinski definition) is 4. The molecule has 1 amide bonds. The SMILES string of the molecule is O=C(O)Cn1cc(C(=O)Nc2nn(Cc3ccc(Br)cc3)cc2Br)cn1. The van der Waals surface area contributed by atoms with Gasteiger partial charge in [0.05, 0.1) is 22.8 Å². The number of aromatic nitrogens is 4. The number of nitrogens with zero attached hydrogens (tertiary/aromatic N) is 4. The van der Waals surface area contributed by atoms with Crippen LogP contribution in [0, 0.1) is 0 Å². The van der Waals surface area contributed by atoms with E-state index in [1.807, 2.05) is 24.3 Å². The van der Waals surface area contributed by atoms with E-state index in [4.69, 9.17) is 5.11 Å². The van der Waals surface area contributed by atoms with Crippen LogP contribution < -0.4 is 5.32 Å². The highest BCUT2D eigenvalue weighted by Gasteiger charge is 2.14. The van der Waals surface area contributed by atoms with Crippen molar-refractivity contribution in [3.63, 3.8) is 0 Å². The molecule has 0 aliphatic carbocycles. The van der Waals surface area contributed by atoms with Crippen LogP contribution in [0.3, 0.4) is 0 Å². The molecular formula is C16H13Br2N5O3. The van der Waals surface area contributed by atoms with E-state index in [1.165, 1.54) is 17.1 Å². The van der Waals surface area contributed by atoms with Crippen LogP contribution in [0.2, 0.25) is 0 Å². The third-order valence-corrected chi connectivity index (χ3v) is 4.51. The molecule has 8 nitrogen and oxygen atoms in total. The Balaban J connectivity index is 1.68. The summed E-state index contributed by atoms with van der Waals surface area (Å²) < 4.78 is 4.52. The Hall–Kier alpha value is -2.46. The van der Waals surface area contributed by atoms with Gasteiger partial charge in [-0.3, -0.25) is 19.0 Å². The number of hydrogen-bond donors (Lipinski definition) is 2. The molecule has 0 saturated carbocycles. The highest BCUT2D eigenvalue weighted by molar-refractivity contribution is 9.10. The molecule has 2 aromatic heterocycles. The van der Waals surface area contributed by atoms with Crippen molar-refractivity contribution in [3.05, 3.63) is 62.9 Å². The highest BCUT2D eigenvalue weighted by atomic mass is 79.9. The summed E-state index contributed by atoms with van der Waals surface area (Å²) >= 11 is 6.77. The van der Waals surface area contributed by atoms with Gasteiger partial charge in [-0.05, 0) is 33.6 Å². The van der Waals surface area contributed by atoms with E-state index in [0.717, 1.165) is 10.0 Å². The molecule has 2 N–H and O–H groups in total. The van der Waals surface area contributed by atoms with Gasteiger partial charge in [0.15, 0.2) is 5.82 Å². The smallest absolute Gasteiger partial charge is 0.325 e. The standard InChI is InChI=1S/C16H13Br2N5O3/c17-12-3-1-10(2-4-12)6-23-8-13(18)15(21-23)20-16(26)11-5-19-22(7-11)9-14(24)25/h1-5,7-8H,6,9H2,(H,24,25)(H,20,21,26). The number of rotatable bonds is 6. The van der Waals surface area contributed by atoms with Crippen molar-refractivity contribution in [1.82, 2.24) is 19.6 Å². The number of halogens is 2. The minimum absolute atomic E-state index is 0.251. The lowest BCUT2D eigenvalue weighted by Crippen LogP contribution is -2.13.